The molecule has 0 aliphatic carbocycles. The molecule has 0 radical (unpaired) electrons. The van der Waals surface area contributed by atoms with Crippen molar-refractivity contribution in [3.05, 3.63) is 119 Å². The molecule has 188 valence electrons. The molecule has 4 aromatic rings. The molecule has 1 aliphatic rings. The van der Waals surface area contributed by atoms with Gasteiger partial charge >= 0.3 is 241 Å². The maximum atomic E-state index is 7.61. The zero-order chi connectivity index (χ0) is 25.7. The summed E-state index contributed by atoms with van der Waals surface area (Å²) in [6.07, 6.45) is 0. The van der Waals surface area contributed by atoms with Crippen molar-refractivity contribution in [1.29, 1.82) is 0 Å². The van der Waals surface area contributed by atoms with E-state index in [0.717, 1.165) is 0 Å². The maximum absolute atomic E-state index is 7.61. The Labute approximate surface area is 239 Å². The molecular weight excluding hydrogens is 619 g/mol. The third-order valence-corrected chi connectivity index (χ3v) is 22.2. The van der Waals surface area contributed by atoms with Gasteiger partial charge in [0, 0.05) is 0 Å². The van der Waals surface area contributed by atoms with Gasteiger partial charge in [-0.05, 0) is 0 Å². The van der Waals surface area contributed by atoms with Crippen LogP contribution in [-0.2, 0) is 0 Å². The van der Waals surface area contributed by atoms with Crippen molar-refractivity contribution < 1.29 is 0 Å². The van der Waals surface area contributed by atoms with Gasteiger partial charge in [-0.2, -0.15) is 0 Å². The first kappa shape index (κ1) is 26.3. The fourth-order valence-electron chi connectivity index (χ4n) is 4.22. The summed E-state index contributed by atoms with van der Waals surface area (Å²) in [6, 6.07) is 33.0. The Morgan fingerprint density at radius 1 is 0.444 bits per heavy atom. The van der Waals surface area contributed by atoms with Crippen molar-refractivity contribution in [1.82, 2.24) is 0 Å². The van der Waals surface area contributed by atoms with Gasteiger partial charge in [0.1, 0.15) is 0 Å². The molecule has 4 aromatic carbocycles. The topological polar surface area (TPSA) is 30.5 Å². The van der Waals surface area contributed by atoms with Gasteiger partial charge in [0.2, 0.25) is 0 Å². The zero-order valence-electron chi connectivity index (χ0n) is 18.4. The molecule has 1 heterocycles. The van der Waals surface area contributed by atoms with E-state index in [1.165, 1.54) is 0 Å². The van der Waals surface area contributed by atoms with Crippen LogP contribution in [0.15, 0.2) is 109 Å². The molecule has 0 saturated carbocycles. The second kappa shape index (κ2) is 9.16. The molecule has 4 nitrogen and oxygen atoms in total. The molecular formula is C24H20Cl6N4P2. The SMILES string of the molecule is Clc1ccc(N2P(Cl)(Cl)(Nc3ccccc3)N(c3ccc(Cl)cc3)P2(Cl)(Cl)Nc2ccccc2)cc1. The Kier molecular flexibility index (Phi) is 6.69. The molecule has 1 saturated heterocycles. The summed E-state index contributed by atoms with van der Waals surface area (Å²) >= 11 is 42.9. The normalized spacial score (nSPS) is 21.1. The van der Waals surface area contributed by atoms with Crippen molar-refractivity contribution in [3.8, 4) is 0 Å². The van der Waals surface area contributed by atoms with Crippen LogP contribution in [-0.4, -0.2) is 0 Å². The minimum absolute atomic E-state index is 0.551. The number of nitrogens with one attached hydrogen (secondary N) is 2. The summed E-state index contributed by atoms with van der Waals surface area (Å²) in [6.45, 7) is 0. The van der Waals surface area contributed by atoms with Crippen LogP contribution in [0.5, 0.6) is 0 Å². The molecule has 0 unspecified atom stereocenters. The number of nitrogens with zero attached hydrogens (tertiary/aromatic N) is 2. The number of hydrogen-bond donors (Lipinski definition) is 2. The van der Waals surface area contributed by atoms with E-state index in [2.05, 4.69) is 10.2 Å². The van der Waals surface area contributed by atoms with E-state index < -0.39 is 11.5 Å². The van der Waals surface area contributed by atoms with E-state index in [0.29, 0.717) is 32.8 Å². The van der Waals surface area contributed by atoms with Crippen LogP contribution in [0.3, 0.4) is 0 Å². The molecule has 0 amide bonds. The van der Waals surface area contributed by atoms with Gasteiger partial charge < -0.3 is 0 Å². The zero-order valence-corrected chi connectivity index (χ0v) is 24.8. The van der Waals surface area contributed by atoms with E-state index in [4.69, 9.17) is 68.2 Å². The van der Waals surface area contributed by atoms with Crippen LogP contribution >= 0.6 is 79.7 Å². The van der Waals surface area contributed by atoms with Gasteiger partial charge in [-0.15, -0.1) is 0 Å². The van der Waals surface area contributed by atoms with Gasteiger partial charge in [0.15, 0.2) is 0 Å². The van der Waals surface area contributed by atoms with Gasteiger partial charge in [0.25, 0.3) is 0 Å². The summed E-state index contributed by atoms with van der Waals surface area (Å²) < 4.78 is 3.41. The third-order valence-electron chi connectivity index (χ3n) is 5.58. The molecule has 2 N–H and O–H groups in total. The molecule has 1 fully saturated rings. The average Bonchev–Trinajstić information content (AvgIpc) is 2.82. The first-order chi connectivity index (χ1) is 17.0. The summed E-state index contributed by atoms with van der Waals surface area (Å²) in [7, 11) is 0. The Bertz CT molecular complexity index is 1270. The van der Waals surface area contributed by atoms with Crippen LogP contribution in [0.4, 0.5) is 22.7 Å². The van der Waals surface area contributed by atoms with Crippen molar-refractivity contribution in [2.45, 2.75) is 0 Å². The number of rotatable bonds is 6. The molecule has 0 bridgehead atoms. The molecule has 12 heteroatoms. The average molecular weight is 639 g/mol. The van der Waals surface area contributed by atoms with Gasteiger partial charge in [-0.3, -0.25) is 0 Å². The fourth-order valence-corrected chi connectivity index (χ4v) is 28.8. The van der Waals surface area contributed by atoms with Gasteiger partial charge in [-0.25, -0.2) is 0 Å². The van der Waals surface area contributed by atoms with Crippen LogP contribution in [0.2, 0.25) is 10.0 Å². The second-order valence-electron chi connectivity index (χ2n) is 8.14. The Morgan fingerprint density at radius 2 is 0.750 bits per heavy atom. The van der Waals surface area contributed by atoms with E-state index in [1.54, 1.807) is 57.4 Å². The number of anilines is 4. The van der Waals surface area contributed by atoms with Crippen LogP contribution in [0.25, 0.3) is 0 Å². The first-order valence-electron chi connectivity index (χ1n) is 10.7. The summed E-state index contributed by atoms with van der Waals surface area (Å²) in [5, 5.41) is 7.89. The summed E-state index contributed by atoms with van der Waals surface area (Å²) in [5.74, 6) is -8.77. The number of halogens is 6. The van der Waals surface area contributed by atoms with Crippen molar-refractivity contribution in [2.24, 2.45) is 0 Å². The van der Waals surface area contributed by atoms with Crippen molar-refractivity contribution >= 4 is 102 Å². The number of benzene rings is 4. The predicted octanol–water partition coefficient (Wildman–Crippen LogP) is 11.8. The Balaban J connectivity index is 1.77. The van der Waals surface area contributed by atoms with Crippen molar-refractivity contribution in [3.63, 3.8) is 0 Å². The molecule has 36 heavy (non-hydrogen) atoms. The quantitative estimate of drug-likeness (QED) is 0.206. The molecule has 0 spiro atoms. The third kappa shape index (κ3) is 4.37. The summed E-state index contributed by atoms with van der Waals surface area (Å²) in [5.41, 5.74) is 2.59. The molecule has 1 aliphatic heterocycles. The van der Waals surface area contributed by atoms with Crippen LogP contribution < -0.4 is 19.1 Å². The summed E-state index contributed by atoms with van der Waals surface area (Å²) in [4.78, 5) is 0. The number of hydrogen-bond acceptors (Lipinski definition) is 4. The Morgan fingerprint density at radius 3 is 1.06 bits per heavy atom. The fraction of sp³-hybridized carbons (Fsp3) is 0. The van der Waals surface area contributed by atoms with Gasteiger partial charge in [0.05, 0.1) is 0 Å². The number of para-hydroxylation sites is 2. The molecule has 0 atom stereocenters. The van der Waals surface area contributed by atoms with Gasteiger partial charge in [-0.1, -0.05) is 0 Å². The van der Waals surface area contributed by atoms with Crippen molar-refractivity contribution in [2.75, 3.05) is 19.1 Å². The van der Waals surface area contributed by atoms with E-state index in [9.17, 15) is 0 Å². The van der Waals surface area contributed by atoms with E-state index in [-0.39, 0.29) is 0 Å². The van der Waals surface area contributed by atoms with Crippen LogP contribution in [0.1, 0.15) is 0 Å². The van der Waals surface area contributed by atoms with E-state index in [1.807, 2.05) is 60.7 Å². The first-order valence-corrected chi connectivity index (χ1v) is 19.4. The molecule has 0 aromatic heterocycles. The minimum atomic E-state index is -4.38. The Hall–Kier alpha value is -1.32. The second-order valence-corrected chi connectivity index (χ2v) is 23.7. The standard InChI is InChI=1S/C24H20Cl6N4P2/c25-19-11-15-23(16-12-19)33-35(27,28,31-21-7-3-1-4-8-21)34(24-17-13-20(26)14-18-24)36(33,29,30)32-22-9-5-2-6-10-22/h1-18,31-32H. The van der Waals surface area contributed by atoms with E-state index >= 15 is 0 Å². The predicted molar refractivity (Wildman–Crippen MR) is 165 cm³/mol. The monoisotopic (exact) mass is 636 g/mol. The van der Waals surface area contributed by atoms with Crippen LogP contribution in [0, 0.1) is 0 Å². The molecule has 5 rings (SSSR count).